The Morgan fingerprint density at radius 1 is 1.13 bits per heavy atom. The van der Waals surface area contributed by atoms with Crippen LogP contribution in [0, 0.1) is 0 Å². The van der Waals surface area contributed by atoms with Crippen molar-refractivity contribution in [3.8, 4) is 0 Å². The van der Waals surface area contributed by atoms with E-state index in [4.69, 9.17) is 35.9 Å². The van der Waals surface area contributed by atoms with Crippen LogP contribution in [-0.4, -0.2) is 19.1 Å². The van der Waals surface area contributed by atoms with E-state index in [-0.39, 0.29) is 4.75 Å². The van der Waals surface area contributed by atoms with Gasteiger partial charge >= 0.3 is 0 Å². The predicted molar refractivity (Wildman–Crippen MR) is 81.5 cm³/mol. The molecule has 0 saturated heterocycles. The summed E-state index contributed by atoms with van der Waals surface area (Å²) in [6.07, 6.45) is 3.38. The molecule has 0 aliphatic carbocycles. The van der Waals surface area contributed by atoms with Gasteiger partial charge in [0.05, 0.1) is 0 Å². The number of rotatable bonds is 6. The van der Waals surface area contributed by atoms with E-state index in [0.29, 0.717) is 8.64 Å². The fraction of sp³-hybridized carbons (Fsp3) is 0.778. The van der Waals surface area contributed by atoms with Crippen LogP contribution >= 0.6 is 48.0 Å². The van der Waals surface area contributed by atoms with Gasteiger partial charge in [-0.05, 0) is 12.8 Å². The average Bonchev–Trinajstić information content (AvgIpc) is 1.99. The Hall–Kier alpha value is 0.480. The summed E-state index contributed by atoms with van der Waals surface area (Å²) in [5.74, 6) is 1.00. The Labute approximate surface area is 111 Å². The fourth-order valence-electron chi connectivity index (χ4n) is 1.15. The first-order valence-electron chi connectivity index (χ1n) is 4.74. The first-order chi connectivity index (χ1) is 6.83. The Kier molecular flexibility index (Phi) is 7.95. The van der Waals surface area contributed by atoms with Crippen molar-refractivity contribution in [3.05, 3.63) is 0 Å². The Bertz CT molecular complexity index is 228. The van der Waals surface area contributed by atoms with Crippen LogP contribution in [0.1, 0.15) is 33.1 Å². The second-order valence-corrected chi connectivity index (χ2v) is 8.09. The molecule has 0 fully saturated rings. The van der Waals surface area contributed by atoms with Crippen LogP contribution in [0.4, 0.5) is 0 Å². The molecule has 0 aromatic heterocycles. The van der Waals surface area contributed by atoms with Crippen molar-refractivity contribution in [3.63, 3.8) is 0 Å². The largest absolute Gasteiger partial charge is 0.385 e. The molecule has 0 aliphatic rings. The highest BCUT2D eigenvalue weighted by Gasteiger charge is 2.18. The van der Waals surface area contributed by atoms with E-state index in [1.165, 1.54) is 0 Å². The van der Waals surface area contributed by atoms with Crippen LogP contribution in [0.25, 0.3) is 0 Å². The number of hydrogen-bond donors (Lipinski definition) is 2. The lowest BCUT2D eigenvalue weighted by molar-refractivity contribution is 0.598. The highest BCUT2D eigenvalue weighted by molar-refractivity contribution is 8.23. The molecule has 0 rings (SSSR count). The summed E-state index contributed by atoms with van der Waals surface area (Å²) >= 11 is 12.8. The molecule has 88 valence electrons. The second-order valence-electron chi connectivity index (χ2n) is 3.81. The third-order valence-electron chi connectivity index (χ3n) is 1.79. The molecule has 0 aromatic rings. The fourth-order valence-corrected chi connectivity index (χ4v) is 3.42. The highest BCUT2D eigenvalue weighted by Crippen LogP contribution is 2.30. The maximum atomic E-state index is 5.51. The second kappa shape index (κ2) is 7.70. The maximum Gasteiger partial charge on any atom is 0.131 e. The van der Waals surface area contributed by atoms with Gasteiger partial charge in [0.1, 0.15) is 8.64 Å². The number of unbranched alkanes of at least 4 members (excludes halogenated alkanes) is 1. The van der Waals surface area contributed by atoms with Crippen LogP contribution in [0.5, 0.6) is 0 Å². The van der Waals surface area contributed by atoms with Crippen LogP contribution in [0.15, 0.2) is 0 Å². The molecule has 0 saturated carbocycles. The van der Waals surface area contributed by atoms with E-state index in [9.17, 15) is 0 Å². The minimum atomic E-state index is 0.139. The molecule has 0 bridgehead atoms. The summed E-state index contributed by atoms with van der Waals surface area (Å²) in [4.78, 5) is 0. The monoisotopic (exact) mass is 282 g/mol. The lowest BCUT2D eigenvalue weighted by Gasteiger charge is -2.22. The zero-order chi connectivity index (χ0) is 11.9. The molecule has 0 aliphatic heterocycles. The molecule has 15 heavy (non-hydrogen) atoms. The van der Waals surface area contributed by atoms with Crippen LogP contribution in [0.2, 0.25) is 0 Å². The van der Waals surface area contributed by atoms with E-state index >= 15 is 0 Å². The van der Waals surface area contributed by atoms with Crippen molar-refractivity contribution in [2.75, 3.05) is 5.75 Å². The van der Waals surface area contributed by atoms with Gasteiger partial charge in [-0.2, -0.15) is 0 Å². The minimum absolute atomic E-state index is 0.139. The standard InChI is InChI=1S/C9H18N2S4/c1-9(2,15-8(11)13)5-3-4-6-14-7(10)12/h3-6H2,1-2H3,(H2,10,12)(H2,11,13). The summed E-state index contributed by atoms with van der Waals surface area (Å²) < 4.78 is 1.20. The summed E-state index contributed by atoms with van der Waals surface area (Å²) in [7, 11) is 0. The molecule has 0 atom stereocenters. The number of thioether (sulfide) groups is 2. The molecule has 0 radical (unpaired) electrons. The molecule has 0 aromatic carbocycles. The van der Waals surface area contributed by atoms with Crippen molar-refractivity contribution in [1.29, 1.82) is 0 Å². The normalized spacial score (nSPS) is 11.3. The lowest BCUT2D eigenvalue weighted by Crippen LogP contribution is -2.20. The van der Waals surface area contributed by atoms with Crippen molar-refractivity contribution < 1.29 is 0 Å². The molecule has 0 spiro atoms. The van der Waals surface area contributed by atoms with E-state index in [0.717, 1.165) is 25.0 Å². The molecule has 6 heteroatoms. The van der Waals surface area contributed by atoms with Gasteiger partial charge in [0.15, 0.2) is 0 Å². The van der Waals surface area contributed by atoms with E-state index in [1.54, 1.807) is 23.5 Å². The third kappa shape index (κ3) is 10.8. The van der Waals surface area contributed by atoms with Crippen LogP contribution in [-0.2, 0) is 0 Å². The van der Waals surface area contributed by atoms with Gasteiger partial charge in [-0.15, -0.1) is 0 Å². The van der Waals surface area contributed by atoms with Crippen molar-refractivity contribution in [2.45, 2.75) is 37.9 Å². The van der Waals surface area contributed by atoms with Gasteiger partial charge in [0.2, 0.25) is 0 Å². The molecular formula is C9H18N2S4. The van der Waals surface area contributed by atoms with E-state index < -0.39 is 0 Å². The zero-order valence-corrected chi connectivity index (χ0v) is 12.4. The molecule has 0 heterocycles. The third-order valence-corrected chi connectivity index (χ3v) is 4.13. The van der Waals surface area contributed by atoms with Crippen LogP contribution in [0.3, 0.4) is 0 Å². The SMILES string of the molecule is CC(C)(CCCCSC(N)=S)SC(N)=S. The molecule has 2 nitrogen and oxygen atoms in total. The van der Waals surface area contributed by atoms with Gasteiger partial charge in [0.25, 0.3) is 0 Å². The van der Waals surface area contributed by atoms with Crippen molar-refractivity contribution in [1.82, 2.24) is 0 Å². The Morgan fingerprint density at radius 3 is 2.20 bits per heavy atom. The molecule has 4 N–H and O–H groups in total. The maximum absolute atomic E-state index is 5.51. The number of hydrogen-bond acceptors (Lipinski definition) is 4. The summed E-state index contributed by atoms with van der Waals surface area (Å²) in [6.45, 7) is 4.33. The lowest BCUT2D eigenvalue weighted by atomic mass is 10.1. The van der Waals surface area contributed by atoms with Crippen molar-refractivity contribution >= 4 is 56.6 Å². The number of thiocarbonyl (C=S) groups is 2. The molecule has 0 amide bonds. The van der Waals surface area contributed by atoms with Gasteiger partial charge in [0, 0.05) is 10.5 Å². The first kappa shape index (κ1) is 15.5. The zero-order valence-electron chi connectivity index (χ0n) is 9.12. The average molecular weight is 283 g/mol. The topological polar surface area (TPSA) is 52.0 Å². The first-order valence-corrected chi connectivity index (χ1v) is 7.36. The quantitative estimate of drug-likeness (QED) is 0.577. The van der Waals surface area contributed by atoms with Gasteiger partial charge in [-0.3, -0.25) is 0 Å². The number of nitrogens with two attached hydrogens (primary N) is 2. The smallest absolute Gasteiger partial charge is 0.131 e. The Balaban J connectivity index is 3.57. The summed E-state index contributed by atoms with van der Waals surface area (Å²) in [5.41, 5.74) is 10.9. The van der Waals surface area contributed by atoms with E-state index in [1.807, 2.05) is 0 Å². The Morgan fingerprint density at radius 2 is 1.73 bits per heavy atom. The van der Waals surface area contributed by atoms with Gasteiger partial charge < -0.3 is 11.5 Å². The minimum Gasteiger partial charge on any atom is -0.385 e. The van der Waals surface area contributed by atoms with E-state index in [2.05, 4.69) is 13.8 Å². The van der Waals surface area contributed by atoms with Gasteiger partial charge in [-0.25, -0.2) is 0 Å². The van der Waals surface area contributed by atoms with Crippen molar-refractivity contribution in [2.24, 2.45) is 11.5 Å². The van der Waals surface area contributed by atoms with Gasteiger partial charge in [-0.1, -0.05) is 68.2 Å². The molecule has 0 unspecified atom stereocenters. The predicted octanol–water partition coefficient (Wildman–Crippen LogP) is 2.89. The highest BCUT2D eigenvalue weighted by atomic mass is 32.2. The summed E-state index contributed by atoms with van der Waals surface area (Å²) in [6, 6.07) is 0. The summed E-state index contributed by atoms with van der Waals surface area (Å²) in [5, 5.41) is 0. The van der Waals surface area contributed by atoms with Crippen LogP contribution < -0.4 is 11.5 Å². The molecular weight excluding hydrogens is 264 g/mol.